The van der Waals surface area contributed by atoms with E-state index >= 15 is 0 Å². The van der Waals surface area contributed by atoms with Gasteiger partial charge in [-0.05, 0) is 42.1 Å². The van der Waals surface area contributed by atoms with Gasteiger partial charge < -0.3 is 5.73 Å². The van der Waals surface area contributed by atoms with Gasteiger partial charge >= 0.3 is 0 Å². The molecule has 3 aromatic rings. The largest absolute Gasteiger partial charge is 0.323 e. The van der Waals surface area contributed by atoms with Gasteiger partial charge in [0.25, 0.3) is 0 Å². The molecule has 0 radical (unpaired) electrons. The molecule has 2 heterocycles. The van der Waals surface area contributed by atoms with Gasteiger partial charge in [0.15, 0.2) is 0 Å². The molecular formula is C16H15FN2S. The maximum absolute atomic E-state index is 13.2. The van der Waals surface area contributed by atoms with Crippen molar-refractivity contribution in [1.29, 1.82) is 0 Å². The van der Waals surface area contributed by atoms with E-state index in [1.54, 1.807) is 23.5 Å². The van der Waals surface area contributed by atoms with Crippen molar-refractivity contribution in [2.45, 2.75) is 19.4 Å². The highest BCUT2D eigenvalue weighted by molar-refractivity contribution is 7.19. The molecule has 3 rings (SSSR count). The van der Waals surface area contributed by atoms with Crippen molar-refractivity contribution in [2.24, 2.45) is 5.73 Å². The molecule has 2 N–H and O–H groups in total. The molecule has 4 heteroatoms. The molecule has 0 saturated carbocycles. The van der Waals surface area contributed by atoms with Crippen LogP contribution in [0.1, 0.15) is 22.2 Å². The number of fused-ring (bicyclic) bond motifs is 1. The maximum Gasteiger partial charge on any atom is 0.124 e. The Hall–Kier alpha value is -1.78. The monoisotopic (exact) mass is 286 g/mol. The molecule has 1 atom stereocenters. The molecule has 0 aliphatic carbocycles. The zero-order valence-electron chi connectivity index (χ0n) is 11.1. The van der Waals surface area contributed by atoms with E-state index in [-0.39, 0.29) is 11.9 Å². The van der Waals surface area contributed by atoms with Gasteiger partial charge in [0, 0.05) is 33.9 Å². The van der Waals surface area contributed by atoms with Crippen molar-refractivity contribution in [3.05, 3.63) is 64.5 Å². The average molecular weight is 286 g/mol. The van der Waals surface area contributed by atoms with Crippen molar-refractivity contribution in [3.8, 4) is 0 Å². The number of aromatic nitrogens is 1. The van der Waals surface area contributed by atoms with Crippen molar-refractivity contribution in [1.82, 2.24) is 4.98 Å². The fourth-order valence-electron chi connectivity index (χ4n) is 2.15. The number of pyridine rings is 1. The highest BCUT2D eigenvalue weighted by Gasteiger charge is 2.12. The SMILES string of the molecule is Cc1ccc(CC(N)c2cc3ccc(F)cc3s2)nc1. The van der Waals surface area contributed by atoms with Crippen LogP contribution in [0.4, 0.5) is 4.39 Å². The van der Waals surface area contributed by atoms with Crippen LogP contribution in [0.2, 0.25) is 0 Å². The summed E-state index contributed by atoms with van der Waals surface area (Å²) in [6.07, 6.45) is 2.54. The second-order valence-corrected chi connectivity index (χ2v) is 6.08. The zero-order chi connectivity index (χ0) is 14.1. The Morgan fingerprint density at radius 2 is 2.10 bits per heavy atom. The van der Waals surface area contributed by atoms with Gasteiger partial charge in [0.2, 0.25) is 0 Å². The molecule has 2 aromatic heterocycles. The number of aryl methyl sites for hydroxylation is 1. The van der Waals surface area contributed by atoms with Crippen LogP contribution >= 0.6 is 11.3 Å². The topological polar surface area (TPSA) is 38.9 Å². The number of halogens is 1. The van der Waals surface area contributed by atoms with Crippen LogP contribution in [0.3, 0.4) is 0 Å². The molecule has 0 saturated heterocycles. The lowest BCUT2D eigenvalue weighted by atomic mass is 10.1. The Balaban J connectivity index is 1.84. The number of benzene rings is 1. The van der Waals surface area contributed by atoms with Gasteiger partial charge in [0.05, 0.1) is 0 Å². The van der Waals surface area contributed by atoms with E-state index in [2.05, 4.69) is 4.98 Å². The van der Waals surface area contributed by atoms with Crippen LogP contribution in [-0.4, -0.2) is 4.98 Å². The number of hydrogen-bond acceptors (Lipinski definition) is 3. The van der Waals surface area contributed by atoms with E-state index in [1.165, 1.54) is 6.07 Å². The molecule has 0 aliphatic rings. The third kappa shape index (κ3) is 2.71. The fourth-order valence-corrected chi connectivity index (χ4v) is 3.24. The lowest BCUT2D eigenvalue weighted by Crippen LogP contribution is -2.12. The van der Waals surface area contributed by atoms with Gasteiger partial charge in [-0.15, -0.1) is 11.3 Å². The van der Waals surface area contributed by atoms with E-state index < -0.39 is 0 Å². The van der Waals surface area contributed by atoms with Crippen molar-refractivity contribution < 1.29 is 4.39 Å². The summed E-state index contributed by atoms with van der Waals surface area (Å²) in [5.41, 5.74) is 8.36. The van der Waals surface area contributed by atoms with Gasteiger partial charge in [-0.25, -0.2) is 4.39 Å². The molecule has 0 spiro atoms. The summed E-state index contributed by atoms with van der Waals surface area (Å²) >= 11 is 1.55. The highest BCUT2D eigenvalue weighted by atomic mass is 32.1. The van der Waals surface area contributed by atoms with Crippen molar-refractivity contribution >= 4 is 21.4 Å². The number of thiophene rings is 1. The fraction of sp³-hybridized carbons (Fsp3) is 0.188. The summed E-state index contributed by atoms with van der Waals surface area (Å²) in [6, 6.07) is 10.8. The van der Waals surface area contributed by atoms with Crippen LogP contribution in [-0.2, 0) is 6.42 Å². The second kappa shape index (κ2) is 5.31. The molecule has 0 amide bonds. The lowest BCUT2D eigenvalue weighted by molar-refractivity contribution is 0.630. The number of rotatable bonds is 3. The summed E-state index contributed by atoms with van der Waals surface area (Å²) < 4.78 is 14.1. The second-order valence-electron chi connectivity index (χ2n) is 4.97. The molecule has 0 bridgehead atoms. The van der Waals surface area contributed by atoms with E-state index in [0.717, 1.165) is 26.2 Å². The number of nitrogens with zero attached hydrogens (tertiary/aromatic N) is 1. The first kappa shape index (κ1) is 13.2. The Labute approximate surface area is 121 Å². The maximum atomic E-state index is 13.2. The average Bonchev–Trinajstić information content (AvgIpc) is 2.84. The lowest BCUT2D eigenvalue weighted by Gasteiger charge is -2.08. The zero-order valence-corrected chi connectivity index (χ0v) is 12.0. The molecule has 0 fully saturated rings. The third-order valence-corrected chi connectivity index (χ3v) is 4.50. The predicted octanol–water partition coefficient (Wildman–Crippen LogP) is 3.99. The highest BCUT2D eigenvalue weighted by Crippen LogP contribution is 2.30. The van der Waals surface area contributed by atoms with Crippen molar-refractivity contribution in [2.75, 3.05) is 0 Å². The Bertz CT molecular complexity index is 734. The summed E-state index contributed by atoms with van der Waals surface area (Å²) in [5.74, 6) is -0.209. The van der Waals surface area contributed by atoms with Crippen LogP contribution in [0, 0.1) is 12.7 Å². The number of nitrogens with two attached hydrogens (primary N) is 1. The molecule has 1 unspecified atom stereocenters. The molecule has 1 aromatic carbocycles. The summed E-state index contributed by atoms with van der Waals surface area (Å²) in [7, 11) is 0. The first-order chi connectivity index (χ1) is 9.61. The molecule has 20 heavy (non-hydrogen) atoms. The van der Waals surface area contributed by atoms with Crippen LogP contribution in [0.15, 0.2) is 42.6 Å². The standard InChI is InChI=1S/C16H15FN2S/c1-10-2-5-13(19-9-10)8-14(18)16-6-11-3-4-12(17)7-15(11)20-16/h2-7,9,14H,8,18H2,1H3. The smallest absolute Gasteiger partial charge is 0.124 e. The Kier molecular flexibility index (Phi) is 3.51. The quantitative estimate of drug-likeness (QED) is 0.790. The third-order valence-electron chi connectivity index (χ3n) is 3.27. The first-order valence-corrected chi connectivity index (χ1v) is 7.29. The van der Waals surface area contributed by atoms with Gasteiger partial charge in [-0.2, -0.15) is 0 Å². The van der Waals surface area contributed by atoms with E-state index in [4.69, 9.17) is 5.73 Å². The molecule has 0 aliphatic heterocycles. The van der Waals surface area contributed by atoms with Crippen LogP contribution in [0.25, 0.3) is 10.1 Å². The molecule has 2 nitrogen and oxygen atoms in total. The predicted molar refractivity (Wildman–Crippen MR) is 81.4 cm³/mol. The summed E-state index contributed by atoms with van der Waals surface area (Å²) in [4.78, 5) is 5.44. The van der Waals surface area contributed by atoms with Crippen LogP contribution in [0.5, 0.6) is 0 Å². The minimum absolute atomic E-state index is 0.106. The first-order valence-electron chi connectivity index (χ1n) is 6.48. The molecule has 102 valence electrons. The van der Waals surface area contributed by atoms with Gasteiger partial charge in [-0.1, -0.05) is 12.1 Å². The molecular weight excluding hydrogens is 271 g/mol. The van der Waals surface area contributed by atoms with Crippen LogP contribution < -0.4 is 5.73 Å². The summed E-state index contributed by atoms with van der Waals surface area (Å²) in [5, 5.41) is 1.04. The normalized spacial score (nSPS) is 12.8. The Morgan fingerprint density at radius 1 is 1.25 bits per heavy atom. The summed E-state index contributed by atoms with van der Waals surface area (Å²) in [6.45, 7) is 2.01. The van der Waals surface area contributed by atoms with E-state index in [0.29, 0.717) is 6.42 Å². The Morgan fingerprint density at radius 3 is 2.85 bits per heavy atom. The van der Waals surface area contributed by atoms with Gasteiger partial charge in [0.1, 0.15) is 5.82 Å². The number of hydrogen-bond donors (Lipinski definition) is 1. The minimum atomic E-state index is -0.209. The van der Waals surface area contributed by atoms with Gasteiger partial charge in [-0.3, -0.25) is 4.98 Å². The minimum Gasteiger partial charge on any atom is -0.323 e. The van der Waals surface area contributed by atoms with E-state index in [1.807, 2.05) is 31.3 Å². The van der Waals surface area contributed by atoms with E-state index in [9.17, 15) is 4.39 Å². The van der Waals surface area contributed by atoms with Crippen molar-refractivity contribution in [3.63, 3.8) is 0 Å².